The second-order valence-corrected chi connectivity index (χ2v) is 8.86. The number of aliphatic imine (C=N–C) groups is 1. The van der Waals surface area contributed by atoms with Gasteiger partial charge in [-0.2, -0.15) is 0 Å². The number of hydrogen-bond acceptors (Lipinski definition) is 3. The van der Waals surface area contributed by atoms with E-state index in [-0.39, 0.29) is 11.6 Å². The van der Waals surface area contributed by atoms with Crippen LogP contribution in [0.4, 0.5) is 4.79 Å². The second kappa shape index (κ2) is 16.3. The van der Waals surface area contributed by atoms with Gasteiger partial charge in [0.1, 0.15) is 0 Å². The van der Waals surface area contributed by atoms with Crippen molar-refractivity contribution in [3.63, 3.8) is 0 Å². The minimum Gasteiger partial charge on any atom is -0.372 e. The van der Waals surface area contributed by atoms with E-state index in [1.54, 1.807) is 6.08 Å². The molecular formula is C28H52N4O. The highest BCUT2D eigenvalue weighted by Crippen LogP contribution is 2.25. The molecule has 0 aromatic carbocycles. The Morgan fingerprint density at radius 3 is 1.94 bits per heavy atom. The van der Waals surface area contributed by atoms with Gasteiger partial charge in [0, 0.05) is 44.5 Å². The number of rotatable bonds is 6. The van der Waals surface area contributed by atoms with Crippen LogP contribution < -0.4 is 5.32 Å². The standard InChI is InChI=1S/C24H40N4O.2C2H6/c1-11-12-17(2)22(25-9)19(4)18(3)20(5)27(10)21-13-15-28(16-14-21)23(29)26-24(6,7)8;2*1-2/h11-12,21H,1,5,13-16H2,2-4,6-10H3,(H,26,29);2*1-2H3/b17-12+,19-18-,25-22?;;. The Balaban J connectivity index is 0. The summed E-state index contributed by atoms with van der Waals surface area (Å²) < 4.78 is 0. The van der Waals surface area contributed by atoms with E-state index in [9.17, 15) is 4.79 Å². The normalized spacial score (nSPS) is 15.8. The maximum atomic E-state index is 12.4. The smallest absolute Gasteiger partial charge is 0.317 e. The van der Waals surface area contributed by atoms with Crippen LogP contribution in [0.15, 0.2) is 52.7 Å². The average Bonchev–Trinajstić information content (AvgIpc) is 2.79. The molecule has 33 heavy (non-hydrogen) atoms. The van der Waals surface area contributed by atoms with E-state index < -0.39 is 0 Å². The van der Waals surface area contributed by atoms with Gasteiger partial charge in [0.2, 0.25) is 0 Å². The highest BCUT2D eigenvalue weighted by Gasteiger charge is 2.28. The van der Waals surface area contributed by atoms with Crippen LogP contribution in [0.25, 0.3) is 0 Å². The zero-order valence-electron chi connectivity index (χ0n) is 23.7. The van der Waals surface area contributed by atoms with Crippen LogP contribution in [0.3, 0.4) is 0 Å². The molecule has 1 N–H and O–H groups in total. The summed E-state index contributed by atoms with van der Waals surface area (Å²) in [6.45, 7) is 29.9. The Bertz CT molecular complexity index is 715. The molecule has 2 amide bonds. The maximum absolute atomic E-state index is 12.4. The predicted octanol–water partition coefficient (Wildman–Crippen LogP) is 7.00. The summed E-state index contributed by atoms with van der Waals surface area (Å²) in [6.07, 6.45) is 5.63. The van der Waals surface area contributed by atoms with Gasteiger partial charge in [-0.05, 0) is 71.1 Å². The second-order valence-electron chi connectivity index (χ2n) is 8.86. The summed E-state index contributed by atoms with van der Waals surface area (Å²) in [5.74, 6) is 0. The number of hydrogen-bond donors (Lipinski definition) is 1. The van der Waals surface area contributed by atoms with Crippen molar-refractivity contribution >= 4 is 11.7 Å². The Morgan fingerprint density at radius 1 is 1.06 bits per heavy atom. The topological polar surface area (TPSA) is 47.9 Å². The van der Waals surface area contributed by atoms with E-state index in [4.69, 9.17) is 0 Å². The third-order valence-electron chi connectivity index (χ3n) is 5.52. The molecule has 1 rings (SSSR count). The molecule has 0 aromatic heterocycles. The Hall–Kier alpha value is -2.30. The lowest BCUT2D eigenvalue weighted by Crippen LogP contribution is -2.52. The van der Waals surface area contributed by atoms with Gasteiger partial charge in [-0.25, -0.2) is 4.79 Å². The van der Waals surface area contributed by atoms with Gasteiger partial charge in [0.25, 0.3) is 0 Å². The average molecular weight is 461 g/mol. The molecule has 0 saturated carbocycles. The van der Waals surface area contributed by atoms with Crippen LogP contribution in [0.1, 0.15) is 82.1 Å². The van der Waals surface area contributed by atoms with Crippen molar-refractivity contribution in [3.05, 3.63) is 47.7 Å². The number of nitrogens with zero attached hydrogens (tertiary/aromatic N) is 3. The quantitative estimate of drug-likeness (QED) is 0.343. The summed E-state index contributed by atoms with van der Waals surface area (Å²) in [5, 5.41) is 3.05. The number of nitrogens with one attached hydrogen (secondary N) is 1. The van der Waals surface area contributed by atoms with E-state index in [0.29, 0.717) is 6.04 Å². The summed E-state index contributed by atoms with van der Waals surface area (Å²) in [5.41, 5.74) is 5.13. The summed E-state index contributed by atoms with van der Waals surface area (Å²) in [6, 6.07) is 0.397. The molecule has 1 aliphatic heterocycles. The highest BCUT2D eigenvalue weighted by molar-refractivity contribution is 6.12. The number of amides is 2. The molecule has 0 spiro atoms. The maximum Gasteiger partial charge on any atom is 0.317 e. The lowest BCUT2D eigenvalue weighted by atomic mass is 9.96. The number of allylic oxidation sites excluding steroid dienone is 5. The van der Waals surface area contributed by atoms with E-state index in [1.165, 1.54) is 0 Å². The van der Waals surface area contributed by atoms with Crippen molar-refractivity contribution in [2.75, 3.05) is 27.2 Å². The van der Waals surface area contributed by atoms with Crippen LogP contribution in [0, 0.1) is 0 Å². The number of likely N-dealkylation sites (N-methyl/N-ethyl adjacent to an activating group) is 1. The zero-order valence-corrected chi connectivity index (χ0v) is 23.7. The first-order valence-electron chi connectivity index (χ1n) is 12.4. The molecule has 0 aliphatic carbocycles. The molecule has 0 unspecified atom stereocenters. The lowest BCUT2D eigenvalue weighted by molar-refractivity contribution is 0.146. The van der Waals surface area contributed by atoms with Gasteiger partial charge in [-0.3, -0.25) is 4.99 Å². The van der Waals surface area contributed by atoms with Crippen molar-refractivity contribution < 1.29 is 4.79 Å². The SMILES string of the molecule is C=C/C=C(\C)C(=NC)/C(C)=C(/C)C(=C)N(C)C1CCN(C(=O)NC(C)(C)C)CC1.CC.CC. The van der Waals surface area contributed by atoms with Crippen LogP contribution in [-0.4, -0.2) is 60.3 Å². The van der Waals surface area contributed by atoms with Gasteiger partial charge in [-0.1, -0.05) is 53.0 Å². The minimum absolute atomic E-state index is 0.0256. The fourth-order valence-corrected chi connectivity index (χ4v) is 3.63. The van der Waals surface area contributed by atoms with Crippen molar-refractivity contribution in [2.24, 2.45) is 4.99 Å². The first-order chi connectivity index (χ1) is 15.4. The Labute approximate surface area is 205 Å². The lowest BCUT2D eigenvalue weighted by Gasteiger charge is -2.39. The predicted molar refractivity (Wildman–Crippen MR) is 148 cm³/mol. The fourth-order valence-electron chi connectivity index (χ4n) is 3.63. The van der Waals surface area contributed by atoms with Gasteiger partial charge in [-0.15, -0.1) is 0 Å². The van der Waals surface area contributed by atoms with Crippen molar-refractivity contribution in [1.29, 1.82) is 0 Å². The molecule has 5 heteroatoms. The summed E-state index contributed by atoms with van der Waals surface area (Å²) >= 11 is 0. The summed E-state index contributed by atoms with van der Waals surface area (Å²) in [4.78, 5) is 21.0. The first kappa shape index (κ1) is 32.9. The third-order valence-corrected chi connectivity index (χ3v) is 5.52. The van der Waals surface area contributed by atoms with E-state index in [0.717, 1.165) is 54.1 Å². The van der Waals surface area contributed by atoms with Gasteiger partial charge >= 0.3 is 6.03 Å². The van der Waals surface area contributed by atoms with Gasteiger partial charge in [0.05, 0.1) is 5.71 Å². The molecule has 0 radical (unpaired) electrons. The van der Waals surface area contributed by atoms with Crippen LogP contribution in [-0.2, 0) is 0 Å². The molecule has 0 atom stereocenters. The zero-order chi connectivity index (χ0) is 26.4. The molecule has 190 valence electrons. The Morgan fingerprint density at radius 2 is 1.55 bits per heavy atom. The van der Waals surface area contributed by atoms with Gasteiger partial charge < -0.3 is 15.1 Å². The first-order valence-corrected chi connectivity index (χ1v) is 12.4. The van der Waals surface area contributed by atoms with Crippen molar-refractivity contribution in [3.8, 4) is 0 Å². The van der Waals surface area contributed by atoms with Crippen LogP contribution in [0.5, 0.6) is 0 Å². The third kappa shape index (κ3) is 10.9. The van der Waals surface area contributed by atoms with Crippen molar-refractivity contribution in [2.45, 2.75) is 93.7 Å². The monoisotopic (exact) mass is 460 g/mol. The molecule has 5 nitrogen and oxygen atoms in total. The number of urea groups is 1. The fraction of sp³-hybridized carbons (Fsp3) is 0.643. The largest absolute Gasteiger partial charge is 0.372 e. The Kier molecular flexibility index (Phi) is 16.3. The molecule has 1 fully saturated rings. The number of carbonyl (C=O) groups excluding carboxylic acids is 1. The van der Waals surface area contributed by atoms with Gasteiger partial charge in [0.15, 0.2) is 0 Å². The molecule has 1 aliphatic rings. The molecule has 0 bridgehead atoms. The van der Waals surface area contributed by atoms with E-state index >= 15 is 0 Å². The minimum atomic E-state index is -0.213. The van der Waals surface area contributed by atoms with E-state index in [1.807, 2.05) is 73.4 Å². The number of carbonyl (C=O) groups is 1. The van der Waals surface area contributed by atoms with Crippen molar-refractivity contribution in [1.82, 2.24) is 15.1 Å². The number of piperidine rings is 1. The van der Waals surface area contributed by atoms with E-state index in [2.05, 4.69) is 49.3 Å². The molecule has 1 heterocycles. The molecular weight excluding hydrogens is 408 g/mol. The number of likely N-dealkylation sites (tertiary alicyclic amines) is 1. The summed E-state index contributed by atoms with van der Waals surface area (Å²) in [7, 11) is 3.92. The van der Waals surface area contributed by atoms with Crippen LogP contribution in [0.2, 0.25) is 0 Å². The van der Waals surface area contributed by atoms with Crippen LogP contribution >= 0.6 is 0 Å². The highest BCUT2D eigenvalue weighted by atomic mass is 16.2. The molecule has 0 aromatic rings. The molecule has 1 saturated heterocycles.